The van der Waals surface area contributed by atoms with Gasteiger partial charge < -0.3 is 0 Å². The average molecular weight is 383 g/mol. The molecule has 0 spiro atoms. The van der Waals surface area contributed by atoms with Crippen molar-refractivity contribution in [2.75, 3.05) is 11.5 Å². The van der Waals surface area contributed by atoms with Gasteiger partial charge in [-0.05, 0) is 37.5 Å². The Balaban J connectivity index is 1.85. The van der Waals surface area contributed by atoms with Gasteiger partial charge in [-0.2, -0.15) is 16.8 Å². The van der Waals surface area contributed by atoms with Crippen LogP contribution in [0.2, 0.25) is 0 Å². The molecule has 4 unspecified atom stereocenters. The van der Waals surface area contributed by atoms with Crippen molar-refractivity contribution in [3.05, 3.63) is 0 Å². The minimum atomic E-state index is -3.86. The molecule has 142 valence electrons. The SMILES string of the molecule is CC1CCCCC1OS(=O)(=O)CCS(=O)(=O)OC1CCCCC1C. The molecule has 2 saturated carbocycles. The van der Waals surface area contributed by atoms with Crippen LogP contribution in [0.4, 0.5) is 0 Å². The lowest BCUT2D eigenvalue weighted by Crippen LogP contribution is -2.33. The fraction of sp³-hybridized carbons (Fsp3) is 1.00. The van der Waals surface area contributed by atoms with Gasteiger partial charge in [0.2, 0.25) is 0 Å². The molecule has 2 aliphatic rings. The van der Waals surface area contributed by atoms with Crippen molar-refractivity contribution in [1.29, 1.82) is 0 Å². The van der Waals surface area contributed by atoms with Crippen molar-refractivity contribution in [2.24, 2.45) is 11.8 Å². The van der Waals surface area contributed by atoms with Crippen molar-refractivity contribution in [1.82, 2.24) is 0 Å². The quantitative estimate of drug-likeness (QED) is 0.629. The van der Waals surface area contributed by atoms with Crippen molar-refractivity contribution in [2.45, 2.75) is 77.4 Å². The predicted octanol–water partition coefficient (Wildman–Crippen LogP) is 2.84. The van der Waals surface area contributed by atoms with Gasteiger partial charge in [-0.3, -0.25) is 8.37 Å². The molecule has 0 aromatic rings. The molecule has 0 heterocycles. The first-order valence-corrected chi connectivity index (χ1v) is 12.2. The van der Waals surface area contributed by atoms with E-state index in [1.54, 1.807) is 0 Å². The van der Waals surface area contributed by atoms with Gasteiger partial charge in [-0.25, -0.2) is 0 Å². The third-order valence-corrected chi connectivity index (χ3v) is 7.94. The van der Waals surface area contributed by atoms with Gasteiger partial charge in [-0.1, -0.05) is 39.5 Å². The summed E-state index contributed by atoms with van der Waals surface area (Å²) < 4.78 is 58.9. The van der Waals surface area contributed by atoms with Gasteiger partial charge >= 0.3 is 0 Å². The Morgan fingerprint density at radius 2 is 1.00 bits per heavy atom. The van der Waals surface area contributed by atoms with Gasteiger partial charge in [0, 0.05) is 0 Å². The van der Waals surface area contributed by atoms with Crippen molar-refractivity contribution in [3.8, 4) is 0 Å². The summed E-state index contributed by atoms with van der Waals surface area (Å²) in [4.78, 5) is 0. The molecular weight excluding hydrogens is 352 g/mol. The maximum Gasteiger partial charge on any atom is 0.268 e. The number of hydrogen-bond acceptors (Lipinski definition) is 6. The van der Waals surface area contributed by atoms with E-state index >= 15 is 0 Å². The Labute approximate surface area is 146 Å². The molecule has 2 fully saturated rings. The summed E-state index contributed by atoms with van der Waals surface area (Å²) in [5, 5.41) is 0. The fourth-order valence-corrected chi connectivity index (χ4v) is 6.68. The lowest BCUT2D eigenvalue weighted by molar-refractivity contribution is 0.107. The summed E-state index contributed by atoms with van der Waals surface area (Å²) in [7, 11) is -7.72. The zero-order valence-corrected chi connectivity index (χ0v) is 16.3. The molecule has 2 aliphatic carbocycles. The van der Waals surface area contributed by atoms with Crippen LogP contribution < -0.4 is 0 Å². The van der Waals surface area contributed by atoms with E-state index in [-0.39, 0.29) is 24.0 Å². The fourth-order valence-electron chi connectivity index (χ4n) is 3.53. The maximum atomic E-state index is 12.1. The second-order valence-corrected chi connectivity index (χ2v) is 10.7. The van der Waals surface area contributed by atoms with Gasteiger partial charge in [0.25, 0.3) is 20.2 Å². The van der Waals surface area contributed by atoms with E-state index in [0.717, 1.165) is 38.5 Å². The lowest BCUT2D eigenvalue weighted by atomic mass is 9.88. The molecule has 0 aliphatic heterocycles. The van der Waals surface area contributed by atoms with Crippen LogP contribution in [0.5, 0.6) is 0 Å². The van der Waals surface area contributed by atoms with E-state index in [9.17, 15) is 16.8 Å². The van der Waals surface area contributed by atoms with E-state index in [4.69, 9.17) is 8.37 Å². The highest BCUT2D eigenvalue weighted by Gasteiger charge is 2.31. The molecule has 6 nitrogen and oxygen atoms in total. The molecule has 4 atom stereocenters. The predicted molar refractivity (Wildman–Crippen MR) is 92.6 cm³/mol. The van der Waals surface area contributed by atoms with E-state index in [0.29, 0.717) is 12.8 Å². The Morgan fingerprint density at radius 3 is 1.33 bits per heavy atom. The monoisotopic (exact) mass is 382 g/mol. The Kier molecular flexibility index (Phi) is 7.10. The smallest absolute Gasteiger partial charge is 0.266 e. The minimum Gasteiger partial charge on any atom is -0.266 e. The highest BCUT2D eigenvalue weighted by atomic mass is 32.2. The Hall–Kier alpha value is -0.180. The second-order valence-electron chi connectivity index (χ2n) is 7.32. The lowest BCUT2D eigenvalue weighted by Gasteiger charge is -2.28. The molecule has 0 bridgehead atoms. The summed E-state index contributed by atoms with van der Waals surface area (Å²) in [5.74, 6) is -0.715. The standard InChI is InChI=1S/C16H30O6S2/c1-13-7-3-5-9-15(13)21-23(17,18)11-12-24(19,20)22-16-10-6-4-8-14(16)2/h13-16H,3-12H2,1-2H3. The van der Waals surface area contributed by atoms with Gasteiger partial charge in [-0.15, -0.1) is 0 Å². The summed E-state index contributed by atoms with van der Waals surface area (Å²) in [6, 6.07) is 0. The summed E-state index contributed by atoms with van der Waals surface area (Å²) >= 11 is 0. The van der Waals surface area contributed by atoms with E-state index in [1.807, 2.05) is 13.8 Å². The Bertz CT molecular complexity index is 544. The zero-order valence-electron chi connectivity index (χ0n) is 14.6. The van der Waals surface area contributed by atoms with E-state index in [1.165, 1.54) is 0 Å². The van der Waals surface area contributed by atoms with Gasteiger partial charge in [0.05, 0.1) is 23.7 Å². The third kappa shape index (κ3) is 6.28. The minimum absolute atomic E-state index is 0.185. The van der Waals surface area contributed by atoms with Crippen LogP contribution in [0.15, 0.2) is 0 Å². The normalized spacial score (nSPS) is 32.6. The molecule has 0 saturated heterocycles. The van der Waals surface area contributed by atoms with Crippen molar-refractivity contribution < 1.29 is 25.2 Å². The molecule has 8 heteroatoms. The maximum absolute atomic E-state index is 12.1. The molecule has 0 amide bonds. The largest absolute Gasteiger partial charge is 0.268 e. The molecule has 0 aromatic carbocycles. The summed E-state index contributed by atoms with van der Waals surface area (Å²) in [5.41, 5.74) is 0. The molecule has 0 N–H and O–H groups in total. The van der Waals surface area contributed by atoms with Crippen LogP contribution >= 0.6 is 0 Å². The highest BCUT2D eigenvalue weighted by Crippen LogP contribution is 2.29. The van der Waals surface area contributed by atoms with Crippen LogP contribution in [0, 0.1) is 11.8 Å². The first kappa shape index (κ1) is 20.1. The van der Waals surface area contributed by atoms with Crippen LogP contribution in [-0.2, 0) is 28.6 Å². The molecule has 0 aromatic heterocycles. The zero-order chi connectivity index (χ0) is 17.8. The number of hydrogen-bond donors (Lipinski definition) is 0. The first-order valence-electron chi connectivity index (χ1n) is 9.00. The second kappa shape index (κ2) is 8.47. The highest BCUT2D eigenvalue weighted by molar-refractivity contribution is 7.90. The average Bonchev–Trinajstić information content (AvgIpc) is 2.50. The van der Waals surface area contributed by atoms with Crippen LogP contribution in [0.1, 0.15) is 65.2 Å². The summed E-state index contributed by atoms with van der Waals surface area (Å²) in [6.45, 7) is 3.95. The molecule has 24 heavy (non-hydrogen) atoms. The van der Waals surface area contributed by atoms with E-state index in [2.05, 4.69) is 0 Å². The van der Waals surface area contributed by atoms with Crippen LogP contribution in [0.25, 0.3) is 0 Å². The topological polar surface area (TPSA) is 86.7 Å². The van der Waals surface area contributed by atoms with E-state index < -0.39 is 31.7 Å². The Morgan fingerprint density at radius 1 is 0.667 bits per heavy atom. The molecular formula is C16H30O6S2. The third-order valence-electron chi connectivity index (χ3n) is 5.19. The van der Waals surface area contributed by atoms with Crippen LogP contribution in [-0.4, -0.2) is 40.5 Å². The van der Waals surface area contributed by atoms with Gasteiger partial charge in [0.1, 0.15) is 0 Å². The van der Waals surface area contributed by atoms with Crippen LogP contribution in [0.3, 0.4) is 0 Å². The summed E-state index contributed by atoms with van der Waals surface area (Å²) in [6.07, 6.45) is 6.73. The van der Waals surface area contributed by atoms with Crippen molar-refractivity contribution in [3.63, 3.8) is 0 Å². The molecule has 2 rings (SSSR count). The first-order chi connectivity index (χ1) is 11.2. The van der Waals surface area contributed by atoms with Gasteiger partial charge in [0.15, 0.2) is 0 Å². The van der Waals surface area contributed by atoms with Crippen molar-refractivity contribution >= 4 is 20.2 Å². The number of rotatable bonds is 7. The molecule has 0 radical (unpaired) electrons.